The monoisotopic (exact) mass is 135 g/mol. The Labute approximate surface area is 59.7 Å². The molecule has 0 radical (unpaired) electrons. The molecular formula is C7H9N3. The summed E-state index contributed by atoms with van der Waals surface area (Å²) in [5.41, 5.74) is 1.03. The maximum Gasteiger partial charge on any atom is 0.150 e. The highest BCUT2D eigenvalue weighted by Crippen LogP contribution is 2.19. The van der Waals surface area contributed by atoms with Crippen LogP contribution in [0.3, 0.4) is 0 Å². The Hall–Kier alpha value is -1.12. The number of hydrogen-bond acceptors (Lipinski definition) is 3. The Kier molecular flexibility index (Phi) is 1.09. The maximum atomic E-state index is 4.20. The molecule has 0 spiro atoms. The second kappa shape index (κ2) is 1.94. The quantitative estimate of drug-likeness (QED) is 0.528. The second-order valence-corrected chi connectivity index (χ2v) is 2.45. The fourth-order valence-electron chi connectivity index (χ4n) is 0.973. The minimum atomic E-state index is 1.03. The number of anilines is 1. The van der Waals surface area contributed by atoms with Crippen LogP contribution >= 0.6 is 0 Å². The molecule has 0 saturated carbocycles. The lowest BCUT2D eigenvalue weighted by molar-refractivity contribution is 1.08. The van der Waals surface area contributed by atoms with E-state index in [0.29, 0.717) is 0 Å². The average molecular weight is 135 g/mol. The van der Waals surface area contributed by atoms with Gasteiger partial charge in [0, 0.05) is 25.5 Å². The highest BCUT2D eigenvalue weighted by molar-refractivity contribution is 5.47. The Morgan fingerprint density at radius 3 is 2.60 bits per heavy atom. The highest BCUT2D eigenvalue weighted by atomic mass is 15.3. The first kappa shape index (κ1) is 5.65. The lowest BCUT2D eigenvalue weighted by Crippen LogP contribution is -1.98. The third kappa shape index (κ3) is 0.835. The van der Waals surface area contributed by atoms with Crippen LogP contribution in [0.4, 0.5) is 5.82 Å². The number of aromatic nitrogens is 2. The van der Waals surface area contributed by atoms with Gasteiger partial charge in [-0.2, -0.15) is 0 Å². The van der Waals surface area contributed by atoms with E-state index < -0.39 is 0 Å². The van der Waals surface area contributed by atoms with Crippen LogP contribution in [0.15, 0.2) is 12.4 Å². The Balaban J connectivity index is 2.39. The molecule has 0 amide bonds. The molecule has 3 heteroatoms. The standard InChI is InChI=1S/C7H9N3/c1-6-7(10-4-5-10)9-3-2-8-6/h2-3H,4-5H2,1H3. The topological polar surface area (TPSA) is 28.8 Å². The van der Waals surface area contributed by atoms with Gasteiger partial charge in [-0.1, -0.05) is 0 Å². The van der Waals surface area contributed by atoms with Crippen LogP contribution < -0.4 is 4.90 Å². The lowest BCUT2D eigenvalue weighted by atomic mass is 10.4. The van der Waals surface area contributed by atoms with E-state index in [1.165, 1.54) is 0 Å². The third-order valence-corrected chi connectivity index (χ3v) is 1.60. The van der Waals surface area contributed by atoms with Crippen molar-refractivity contribution in [1.29, 1.82) is 0 Å². The molecule has 0 N–H and O–H groups in total. The van der Waals surface area contributed by atoms with Crippen molar-refractivity contribution >= 4 is 5.82 Å². The first-order valence-corrected chi connectivity index (χ1v) is 3.40. The third-order valence-electron chi connectivity index (χ3n) is 1.60. The summed E-state index contributed by atoms with van der Waals surface area (Å²) in [4.78, 5) is 10.5. The molecule has 0 bridgehead atoms. The molecule has 1 saturated heterocycles. The molecular weight excluding hydrogens is 126 g/mol. The summed E-state index contributed by atoms with van der Waals surface area (Å²) in [6.45, 7) is 4.26. The highest BCUT2D eigenvalue weighted by Gasteiger charge is 2.20. The summed E-state index contributed by atoms with van der Waals surface area (Å²) in [5.74, 6) is 1.04. The van der Waals surface area contributed by atoms with Crippen molar-refractivity contribution in [3.63, 3.8) is 0 Å². The number of nitrogens with zero attached hydrogens (tertiary/aromatic N) is 3. The smallest absolute Gasteiger partial charge is 0.150 e. The number of rotatable bonds is 1. The fourth-order valence-corrected chi connectivity index (χ4v) is 0.973. The van der Waals surface area contributed by atoms with E-state index in [1.54, 1.807) is 12.4 Å². The van der Waals surface area contributed by atoms with E-state index in [1.807, 2.05) is 6.92 Å². The summed E-state index contributed by atoms with van der Waals surface area (Å²) in [7, 11) is 0. The molecule has 1 aromatic rings. The zero-order valence-electron chi connectivity index (χ0n) is 5.91. The predicted molar refractivity (Wildman–Crippen MR) is 39.0 cm³/mol. The van der Waals surface area contributed by atoms with Crippen molar-refractivity contribution in [3.05, 3.63) is 18.1 Å². The van der Waals surface area contributed by atoms with Gasteiger partial charge in [-0.25, -0.2) is 4.98 Å². The molecule has 1 fully saturated rings. The SMILES string of the molecule is Cc1nccnc1N1CC1. The molecule has 0 unspecified atom stereocenters. The van der Waals surface area contributed by atoms with Gasteiger partial charge in [-0.05, 0) is 6.92 Å². The molecule has 0 atom stereocenters. The van der Waals surface area contributed by atoms with Crippen LogP contribution in [-0.2, 0) is 0 Å². The van der Waals surface area contributed by atoms with Crippen LogP contribution in [0.2, 0.25) is 0 Å². The van der Waals surface area contributed by atoms with Gasteiger partial charge in [0.2, 0.25) is 0 Å². The van der Waals surface area contributed by atoms with Crippen LogP contribution in [0.25, 0.3) is 0 Å². The van der Waals surface area contributed by atoms with Crippen molar-refractivity contribution in [2.45, 2.75) is 6.92 Å². The molecule has 3 nitrogen and oxygen atoms in total. The fraction of sp³-hybridized carbons (Fsp3) is 0.429. The normalized spacial score (nSPS) is 15.5. The van der Waals surface area contributed by atoms with Gasteiger partial charge in [0.15, 0.2) is 0 Å². The largest absolute Gasteiger partial charge is 0.352 e. The first-order chi connectivity index (χ1) is 4.88. The lowest BCUT2D eigenvalue weighted by Gasteiger charge is -2.01. The van der Waals surface area contributed by atoms with Crippen molar-refractivity contribution in [1.82, 2.24) is 9.97 Å². The Morgan fingerprint density at radius 2 is 2.00 bits per heavy atom. The molecule has 1 aliphatic rings. The van der Waals surface area contributed by atoms with Crippen molar-refractivity contribution in [2.24, 2.45) is 0 Å². The van der Waals surface area contributed by atoms with Gasteiger partial charge in [0.1, 0.15) is 5.82 Å². The summed E-state index contributed by atoms with van der Waals surface area (Å²) in [6, 6.07) is 0. The van der Waals surface area contributed by atoms with E-state index in [-0.39, 0.29) is 0 Å². The van der Waals surface area contributed by atoms with E-state index >= 15 is 0 Å². The molecule has 0 aromatic carbocycles. The van der Waals surface area contributed by atoms with Gasteiger partial charge in [0.25, 0.3) is 0 Å². The van der Waals surface area contributed by atoms with Gasteiger partial charge < -0.3 is 4.90 Å². The maximum absolute atomic E-state index is 4.20. The summed E-state index contributed by atoms with van der Waals surface area (Å²) >= 11 is 0. The minimum absolute atomic E-state index is 1.03. The number of hydrogen-bond donors (Lipinski definition) is 0. The van der Waals surface area contributed by atoms with E-state index in [0.717, 1.165) is 24.6 Å². The first-order valence-electron chi connectivity index (χ1n) is 3.40. The van der Waals surface area contributed by atoms with Gasteiger partial charge >= 0.3 is 0 Å². The van der Waals surface area contributed by atoms with Gasteiger partial charge in [0.05, 0.1) is 5.69 Å². The molecule has 1 aliphatic heterocycles. The minimum Gasteiger partial charge on any atom is -0.352 e. The van der Waals surface area contributed by atoms with Crippen LogP contribution in [0.1, 0.15) is 5.69 Å². The van der Waals surface area contributed by atoms with Crippen molar-refractivity contribution in [2.75, 3.05) is 18.0 Å². The van der Waals surface area contributed by atoms with Gasteiger partial charge in [-0.3, -0.25) is 4.98 Å². The van der Waals surface area contributed by atoms with Crippen LogP contribution in [-0.4, -0.2) is 23.1 Å². The van der Waals surface area contributed by atoms with Crippen molar-refractivity contribution < 1.29 is 0 Å². The molecule has 1 aromatic heterocycles. The van der Waals surface area contributed by atoms with Crippen molar-refractivity contribution in [3.8, 4) is 0 Å². The zero-order chi connectivity index (χ0) is 6.97. The Morgan fingerprint density at radius 1 is 1.30 bits per heavy atom. The van der Waals surface area contributed by atoms with Gasteiger partial charge in [-0.15, -0.1) is 0 Å². The summed E-state index contributed by atoms with van der Waals surface area (Å²) in [5, 5.41) is 0. The van der Waals surface area contributed by atoms with Crippen LogP contribution in [0, 0.1) is 6.92 Å². The Bertz CT molecular complexity index is 242. The molecule has 2 heterocycles. The summed E-state index contributed by atoms with van der Waals surface area (Å²) in [6.07, 6.45) is 3.46. The molecule has 0 aliphatic carbocycles. The summed E-state index contributed by atoms with van der Waals surface area (Å²) < 4.78 is 0. The van der Waals surface area contributed by atoms with Crippen LogP contribution in [0.5, 0.6) is 0 Å². The molecule has 10 heavy (non-hydrogen) atoms. The zero-order valence-corrected chi connectivity index (χ0v) is 5.91. The van der Waals surface area contributed by atoms with E-state index in [2.05, 4.69) is 14.9 Å². The predicted octanol–water partition coefficient (Wildman–Crippen LogP) is 0.605. The van der Waals surface area contributed by atoms with E-state index in [4.69, 9.17) is 0 Å². The molecule has 52 valence electrons. The second-order valence-electron chi connectivity index (χ2n) is 2.45. The average Bonchev–Trinajstić information content (AvgIpc) is 2.71. The molecule has 2 rings (SSSR count). The number of aryl methyl sites for hydroxylation is 1. The van der Waals surface area contributed by atoms with E-state index in [9.17, 15) is 0 Å².